The third-order valence-electron chi connectivity index (χ3n) is 3.14. The van der Waals surface area contributed by atoms with Crippen LogP contribution < -0.4 is 0 Å². The highest BCUT2D eigenvalue weighted by Gasteiger charge is 2.27. The van der Waals surface area contributed by atoms with Gasteiger partial charge in [0, 0.05) is 6.04 Å². The van der Waals surface area contributed by atoms with Gasteiger partial charge < -0.3 is 19.8 Å². The van der Waals surface area contributed by atoms with Crippen LogP contribution in [0.15, 0.2) is 0 Å². The van der Waals surface area contributed by atoms with Crippen molar-refractivity contribution in [3.8, 4) is 0 Å². The number of nitrogens with zero attached hydrogens (tertiary/aromatic N) is 1. The molecule has 1 aliphatic rings. The molecule has 2 N–H and O–H groups in total. The van der Waals surface area contributed by atoms with E-state index in [-0.39, 0.29) is 25.3 Å². The molecule has 1 aliphatic carbocycles. The topological polar surface area (TPSA) is 70.0 Å². The lowest BCUT2D eigenvalue weighted by Gasteiger charge is -2.34. The zero-order chi connectivity index (χ0) is 12.7. The fraction of sp³-hybridized carbons (Fsp3) is 0.917. The Labute approximate surface area is 102 Å². The second-order valence-corrected chi connectivity index (χ2v) is 4.48. The van der Waals surface area contributed by atoms with Gasteiger partial charge in [-0.15, -0.1) is 0 Å². The van der Waals surface area contributed by atoms with Gasteiger partial charge in [-0.2, -0.15) is 0 Å². The van der Waals surface area contributed by atoms with Gasteiger partial charge in [0.1, 0.15) is 0 Å². The van der Waals surface area contributed by atoms with Crippen LogP contribution in [0, 0.1) is 0 Å². The van der Waals surface area contributed by atoms with Gasteiger partial charge in [-0.25, -0.2) is 4.79 Å². The monoisotopic (exact) mass is 245 g/mol. The van der Waals surface area contributed by atoms with Crippen LogP contribution in [0.3, 0.4) is 0 Å². The van der Waals surface area contributed by atoms with Gasteiger partial charge in [0.2, 0.25) is 0 Å². The lowest BCUT2D eigenvalue weighted by molar-refractivity contribution is 0.0281. The van der Waals surface area contributed by atoms with Crippen LogP contribution in [0.25, 0.3) is 0 Å². The van der Waals surface area contributed by atoms with E-state index in [1.165, 1.54) is 6.42 Å². The summed E-state index contributed by atoms with van der Waals surface area (Å²) in [5.74, 6) is 0. The molecule has 0 aromatic heterocycles. The second-order valence-electron chi connectivity index (χ2n) is 4.48. The number of hydrogen-bond donors (Lipinski definition) is 2. The predicted octanol–water partition coefficient (Wildman–Crippen LogP) is 1.13. The lowest BCUT2D eigenvalue weighted by atomic mass is 9.94. The highest BCUT2D eigenvalue weighted by Crippen LogP contribution is 2.23. The molecule has 5 heteroatoms. The molecule has 0 radical (unpaired) electrons. The summed E-state index contributed by atoms with van der Waals surface area (Å²) in [6.45, 7) is 1.92. The van der Waals surface area contributed by atoms with Crippen molar-refractivity contribution >= 4 is 6.09 Å². The summed E-state index contributed by atoms with van der Waals surface area (Å²) in [6, 6.07) is 0.143. The number of carbonyl (C=O) groups excluding carboxylic acids is 1. The van der Waals surface area contributed by atoms with Gasteiger partial charge in [0.05, 0.1) is 25.9 Å². The maximum atomic E-state index is 11.8. The molecule has 0 aromatic rings. The molecule has 1 fully saturated rings. The third-order valence-corrected chi connectivity index (χ3v) is 3.14. The van der Waals surface area contributed by atoms with Crippen molar-refractivity contribution in [3.05, 3.63) is 0 Å². The first kappa shape index (κ1) is 14.3. The van der Waals surface area contributed by atoms with Crippen LogP contribution in [-0.2, 0) is 4.74 Å². The zero-order valence-electron chi connectivity index (χ0n) is 10.5. The molecule has 5 nitrogen and oxygen atoms in total. The van der Waals surface area contributed by atoms with Crippen molar-refractivity contribution in [2.24, 2.45) is 0 Å². The van der Waals surface area contributed by atoms with Gasteiger partial charge in [-0.1, -0.05) is 19.3 Å². The molecule has 1 rings (SSSR count). The number of hydrogen-bond acceptors (Lipinski definition) is 4. The standard InChI is InChI=1S/C12H23NO4/c1-2-17-12(16)13(8-11(15)9-14)10-6-4-3-5-7-10/h10-11,14-15H,2-9H2,1H3. The second kappa shape index (κ2) is 7.50. The van der Waals surface area contributed by atoms with Gasteiger partial charge in [-0.3, -0.25) is 0 Å². The van der Waals surface area contributed by atoms with E-state index < -0.39 is 6.10 Å². The van der Waals surface area contributed by atoms with Crippen LogP contribution in [0.5, 0.6) is 0 Å². The minimum Gasteiger partial charge on any atom is -0.450 e. The maximum absolute atomic E-state index is 11.8. The van der Waals surface area contributed by atoms with E-state index in [9.17, 15) is 9.90 Å². The minimum atomic E-state index is -0.888. The van der Waals surface area contributed by atoms with Crippen LogP contribution in [0.4, 0.5) is 4.79 Å². The van der Waals surface area contributed by atoms with E-state index in [4.69, 9.17) is 9.84 Å². The largest absolute Gasteiger partial charge is 0.450 e. The number of ether oxygens (including phenoxy) is 1. The Hall–Kier alpha value is -0.810. The number of carbonyl (C=O) groups is 1. The molecule has 1 saturated carbocycles. The molecule has 1 unspecified atom stereocenters. The summed E-state index contributed by atoms with van der Waals surface area (Å²) in [5, 5.41) is 18.3. The van der Waals surface area contributed by atoms with E-state index in [2.05, 4.69) is 0 Å². The fourth-order valence-electron chi connectivity index (χ4n) is 2.26. The van der Waals surface area contributed by atoms with E-state index in [1.807, 2.05) is 0 Å². The van der Waals surface area contributed by atoms with Crippen LogP contribution >= 0.6 is 0 Å². The van der Waals surface area contributed by atoms with Gasteiger partial charge in [0.15, 0.2) is 0 Å². The van der Waals surface area contributed by atoms with E-state index in [1.54, 1.807) is 11.8 Å². The lowest BCUT2D eigenvalue weighted by Crippen LogP contribution is -2.46. The van der Waals surface area contributed by atoms with Gasteiger partial charge in [0.25, 0.3) is 0 Å². The van der Waals surface area contributed by atoms with Crippen molar-refractivity contribution in [2.45, 2.75) is 51.2 Å². The normalized spacial score (nSPS) is 18.8. The molecule has 1 amide bonds. The first-order chi connectivity index (χ1) is 8.19. The molecule has 0 spiro atoms. The van der Waals surface area contributed by atoms with E-state index in [0.717, 1.165) is 25.7 Å². The molecule has 0 saturated heterocycles. The van der Waals surface area contributed by atoms with Crippen molar-refractivity contribution < 1.29 is 19.7 Å². The molecule has 17 heavy (non-hydrogen) atoms. The van der Waals surface area contributed by atoms with Crippen LogP contribution in [0.2, 0.25) is 0 Å². The average Bonchev–Trinajstić information content (AvgIpc) is 2.36. The predicted molar refractivity (Wildman–Crippen MR) is 63.7 cm³/mol. The Morgan fingerprint density at radius 2 is 2.06 bits per heavy atom. The smallest absolute Gasteiger partial charge is 0.410 e. The minimum absolute atomic E-state index is 0.143. The van der Waals surface area contributed by atoms with Gasteiger partial charge in [-0.05, 0) is 19.8 Å². The summed E-state index contributed by atoms with van der Waals surface area (Å²) in [7, 11) is 0. The van der Waals surface area contributed by atoms with Crippen molar-refractivity contribution in [1.82, 2.24) is 4.90 Å². The molecule has 0 aliphatic heterocycles. The van der Waals surface area contributed by atoms with Crippen molar-refractivity contribution in [2.75, 3.05) is 19.8 Å². The first-order valence-corrected chi connectivity index (χ1v) is 6.41. The number of rotatable bonds is 5. The molecule has 0 bridgehead atoms. The van der Waals surface area contributed by atoms with Crippen molar-refractivity contribution in [1.29, 1.82) is 0 Å². The molecule has 0 heterocycles. The summed E-state index contributed by atoms with van der Waals surface area (Å²) >= 11 is 0. The highest BCUT2D eigenvalue weighted by atomic mass is 16.6. The number of aliphatic hydroxyl groups is 2. The van der Waals surface area contributed by atoms with Crippen LogP contribution in [0.1, 0.15) is 39.0 Å². The molecular weight excluding hydrogens is 222 g/mol. The molecule has 100 valence electrons. The third kappa shape index (κ3) is 4.52. The summed E-state index contributed by atoms with van der Waals surface area (Å²) < 4.78 is 5.00. The van der Waals surface area contributed by atoms with Crippen molar-refractivity contribution in [3.63, 3.8) is 0 Å². The van der Waals surface area contributed by atoms with Crippen LogP contribution in [-0.4, -0.2) is 53.1 Å². The fourth-order valence-corrected chi connectivity index (χ4v) is 2.26. The first-order valence-electron chi connectivity index (χ1n) is 6.41. The zero-order valence-corrected chi connectivity index (χ0v) is 10.5. The van der Waals surface area contributed by atoms with E-state index in [0.29, 0.717) is 6.61 Å². The molecule has 0 aromatic carbocycles. The summed E-state index contributed by atoms with van der Waals surface area (Å²) in [6.07, 6.45) is 4.06. The average molecular weight is 245 g/mol. The summed E-state index contributed by atoms with van der Waals surface area (Å²) in [5.41, 5.74) is 0. The Kier molecular flexibility index (Phi) is 6.29. The SMILES string of the molecule is CCOC(=O)N(CC(O)CO)C1CCCCC1. The van der Waals surface area contributed by atoms with E-state index >= 15 is 0 Å². The quantitative estimate of drug-likeness (QED) is 0.761. The number of amides is 1. The Morgan fingerprint density at radius 1 is 1.41 bits per heavy atom. The highest BCUT2D eigenvalue weighted by molar-refractivity contribution is 5.68. The van der Waals surface area contributed by atoms with Gasteiger partial charge >= 0.3 is 6.09 Å². The summed E-state index contributed by atoms with van der Waals surface area (Å²) in [4.78, 5) is 13.4. The maximum Gasteiger partial charge on any atom is 0.410 e. The Balaban J connectivity index is 2.59. The Bertz CT molecular complexity index is 229. The Morgan fingerprint density at radius 3 is 2.59 bits per heavy atom. The molecular formula is C12H23NO4. The molecule has 1 atom stereocenters. The number of aliphatic hydroxyl groups excluding tert-OH is 2.